The highest BCUT2D eigenvalue weighted by molar-refractivity contribution is 5.10. The van der Waals surface area contributed by atoms with Crippen LogP contribution in [0.25, 0.3) is 0 Å². The molecule has 1 N–H and O–H groups in total. The molecule has 26 heavy (non-hydrogen) atoms. The predicted octanol–water partition coefficient (Wildman–Crippen LogP) is 6.51. The van der Waals surface area contributed by atoms with Gasteiger partial charge in [-0.05, 0) is 73.5 Å². The monoisotopic (exact) mass is 360 g/mol. The second-order valence-corrected chi connectivity index (χ2v) is 9.99. The predicted molar refractivity (Wildman–Crippen MR) is 107 cm³/mol. The van der Waals surface area contributed by atoms with Gasteiger partial charge < -0.3 is 9.84 Å². The lowest BCUT2D eigenvalue weighted by atomic mass is 9.68. The van der Waals surface area contributed by atoms with Crippen LogP contribution in [0.15, 0.2) is 12.3 Å². The summed E-state index contributed by atoms with van der Waals surface area (Å²) in [6.07, 6.45) is 14.7. The van der Waals surface area contributed by atoms with E-state index in [4.69, 9.17) is 4.74 Å². The van der Waals surface area contributed by atoms with Gasteiger partial charge in [-0.25, -0.2) is 0 Å². The topological polar surface area (TPSA) is 29.5 Å². The Bertz CT molecular complexity index is 494. The van der Waals surface area contributed by atoms with Gasteiger partial charge in [0.1, 0.15) is 0 Å². The van der Waals surface area contributed by atoms with Gasteiger partial charge >= 0.3 is 0 Å². The highest BCUT2D eigenvalue weighted by Gasteiger charge is 2.60. The van der Waals surface area contributed by atoms with Crippen LogP contribution in [-0.4, -0.2) is 17.3 Å². The summed E-state index contributed by atoms with van der Waals surface area (Å²) in [6.45, 7) is 8.64. The zero-order valence-electron chi connectivity index (χ0n) is 17.0. The molecule has 0 heterocycles. The molecule has 0 amide bonds. The van der Waals surface area contributed by atoms with Gasteiger partial charge in [0.25, 0.3) is 0 Å². The molecule has 0 aromatic heterocycles. The van der Waals surface area contributed by atoms with Gasteiger partial charge in [-0.15, -0.1) is 0 Å². The zero-order valence-corrected chi connectivity index (χ0v) is 17.0. The number of hydrogen-bond acceptors (Lipinski definition) is 2. The van der Waals surface area contributed by atoms with Gasteiger partial charge in [-0.1, -0.05) is 52.5 Å². The van der Waals surface area contributed by atoms with Crippen LogP contribution in [0.4, 0.5) is 0 Å². The molecule has 8 unspecified atom stereocenters. The maximum absolute atomic E-state index is 9.97. The van der Waals surface area contributed by atoms with Crippen LogP contribution in [0.2, 0.25) is 0 Å². The number of aliphatic hydroxyl groups excluding tert-OH is 1. The molecule has 0 saturated heterocycles. The summed E-state index contributed by atoms with van der Waals surface area (Å²) < 4.78 is 6.69. The summed E-state index contributed by atoms with van der Waals surface area (Å²) in [4.78, 5) is 0. The Morgan fingerprint density at radius 2 is 1.69 bits per heavy atom. The fraction of sp³-hybridized carbons (Fsp3) is 0.917. The lowest BCUT2D eigenvalue weighted by molar-refractivity contribution is -0.0819. The van der Waals surface area contributed by atoms with Crippen molar-refractivity contribution in [2.75, 3.05) is 0 Å². The third-order valence-corrected chi connectivity index (χ3v) is 8.76. The summed E-state index contributed by atoms with van der Waals surface area (Å²) >= 11 is 0. The van der Waals surface area contributed by atoms with Crippen molar-refractivity contribution in [1.29, 1.82) is 0 Å². The van der Waals surface area contributed by atoms with Gasteiger partial charge in [-0.3, -0.25) is 0 Å². The maximum Gasteiger partial charge on any atom is 0.0877 e. The SMILES string of the molecule is C=C(O)CC(OC1CCCCC1)C1CC2CC1C1C(CC)CC(CC)C21. The smallest absolute Gasteiger partial charge is 0.0877 e. The first-order valence-corrected chi connectivity index (χ1v) is 11.6. The minimum absolute atomic E-state index is 0.213. The van der Waals surface area contributed by atoms with E-state index in [-0.39, 0.29) is 6.10 Å². The molecule has 8 atom stereocenters. The normalized spacial score (nSPS) is 43.5. The zero-order chi connectivity index (χ0) is 18.3. The van der Waals surface area contributed by atoms with Crippen molar-refractivity contribution in [1.82, 2.24) is 0 Å². The number of rotatable bonds is 7. The van der Waals surface area contributed by atoms with Crippen LogP contribution < -0.4 is 0 Å². The van der Waals surface area contributed by atoms with Crippen LogP contribution in [0.1, 0.15) is 84.5 Å². The van der Waals surface area contributed by atoms with E-state index in [2.05, 4.69) is 20.4 Å². The van der Waals surface area contributed by atoms with Crippen molar-refractivity contribution in [3.8, 4) is 0 Å². The molecule has 0 aromatic rings. The van der Waals surface area contributed by atoms with Crippen molar-refractivity contribution in [3.63, 3.8) is 0 Å². The van der Waals surface area contributed by atoms with E-state index in [0.717, 1.165) is 35.5 Å². The first kappa shape index (κ1) is 18.8. The standard InChI is InChI=1S/C24H40O2/c1-4-16-12-17(5-2)24-21-14-18(23(16)24)13-20(21)22(11-15(3)25)26-19-9-7-6-8-10-19/h16-25H,3-14H2,1-2H3. The van der Waals surface area contributed by atoms with Crippen molar-refractivity contribution in [2.45, 2.75) is 96.7 Å². The van der Waals surface area contributed by atoms with Crippen molar-refractivity contribution in [3.05, 3.63) is 12.3 Å². The third-order valence-electron chi connectivity index (χ3n) is 8.76. The van der Waals surface area contributed by atoms with Gasteiger partial charge in [0.2, 0.25) is 0 Å². The highest BCUT2D eigenvalue weighted by Crippen LogP contribution is 2.66. The maximum atomic E-state index is 9.97. The van der Waals surface area contributed by atoms with Gasteiger partial charge in [0.05, 0.1) is 18.0 Å². The van der Waals surface area contributed by atoms with Crippen LogP contribution in [-0.2, 0) is 4.74 Å². The lowest BCUT2D eigenvalue weighted by Gasteiger charge is -2.40. The van der Waals surface area contributed by atoms with Crippen molar-refractivity contribution in [2.24, 2.45) is 41.4 Å². The Kier molecular flexibility index (Phi) is 5.69. The Balaban J connectivity index is 1.49. The fourth-order valence-corrected chi connectivity index (χ4v) is 7.85. The molecule has 4 fully saturated rings. The van der Waals surface area contributed by atoms with E-state index in [1.54, 1.807) is 0 Å². The van der Waals surface area contributed by atoms with E-state index in [1.165, 1.54) is 64.2 Å². The Morgan fingerprint density at radius 1 is 1.00 bits per heavy atom. The fourth-order valence-electron chi connectivity index (χ4n) is 7.85. The molecule has 4 aliphatic carbocycles. The Labute approximate surface area is 160 Å². The first-order valence-electron chi connectivity index (χ1n) is 11.6. The molecular formula is C24H40O2. The van der Waals surface area contributed by atoms with Crippen LogP contribution in [0, 0.1) is 41.4 Å². The second kappa shape index (κ2) is 7.86. The second-order valence-electron chi connectivity index (χ2n) is 9.99. The molecular weight excluding hydrogens is 320 g/mol. The van der Waals surface area contributed by atoms with E-state index in [0.29, 0.717) is 24.2 Å². The largest absolute Gasteiger partial charge is 0.513 e. The first-order chi connectivity index (χ1) is 12.6. The minimum Gasteiger partial charge on any atom is -0.513 e. The molecule has 0 aliphatic heterocycles. The van der Waals surface area contributed by atoms with Crippen LogP contribution >= 0.6 is 0 Å². The average Bonchev–Trinajstić information content (AvgIpc) is 3.32. The Hall–Kier alpha value is -0.500. The number of aliphatic hydroxyl groups is 1. The molecule has 2 heteroatoms. The highest BCUT2D eigenvalue weighted by atomic mass is 16.5. The molecule has 4 saturated carbocycles. The van der Waals surface area contributed by atoms with Gasteiger partial charge in [0.15, 0.2) is 0 Å². The van der Waals surface area contributed by atoms with E-state index in [1.807, 2.05) is 0 Å². The molecule has 148 valence electrons. The third kappa shape index (κ3) is 3.36. The van der Waals surface area contributed by atoms with Crippen molar-refractivity contribution >= 4 is 0 Å². The molecule has 4 aliphatic rings. The summed E-state index contributed by atoms with van der Waals surface area (Å²) in [5.74, 6) is 6.63. The van der Waals surface area contributed by atoms with Crippen LogP contribution in [0.3, 0.4) is 0 Å². The number of ether oxygens (including phenoxy) is 1. The summed E-state index contributed by atoms with van der Waals surface area (Å²) in [6, 6.07) is 0. The van der Waals surface area contributed by atoms with Crippen molar-refractivity contribution < 1.29 is 9.84 Å². The molecule has 0 aromatic carbocycles. The molecule has 0 spiro atoms. The Morgan fingerprint density at radius 3 is 2.35 bits per heavy atom. The van der Waals surface area contributed by atoms with Gasteiger partial charge in [-0.2, -0.15) is 0 Å². The average molecular weight is 361 g/mol. The summed E-state index contributed by atoms with van der Waals surface area (Å²) in [5.41, 5.74) is 0. The molecule has 4 rings (SSSR count). The minimum atomic E-state index is 0.213. The van der Waals surface area contributed by atoms with E-state index in [9.17, 15) is 5.11 Å². The molecule has 2 nitrogen and oxygen atoms in total. The molecule has 2 bridgehead atoms. The van der Waals surface area contributed by atoms with E-state index < -0.39 is 0 Å². The molecule has 0 radical (unpaired) electrons. The van der Waals surface area contributed by atoms with E-state index >= 15 is 0 Å². The van der Waals surface area contributed by atoms with Crippen LogP contribution in [0.5, 0.6) is 0 Å². The quantitative estimate of drug-likeness (QED) is 0.524. The van der Waals surface area contributed by atoms with Gasteiger partial charge in [0, 0.05) is 6.42 Å². The number of fused-ring (bicyclic) bond motifs is 5. The summed E-state index contributed by atoms with van der Waals surface area (Å²) in [7, 11) is 0. The summed E-state index contributed by atoms with van der Waals surface area (Å²) in [5, 5.41) is 9.97. The lowest BCUT2D eigenvalue weighted by Crippen LogP contribution is -2.39. The number of hydrogen-bond donors (Lipinski definition) is 1.